The lowest BCUT2D eigenvalue weighted by atomic mass is 9.95. The van der Waals surface area contributed by atoms with Crippen LogP contribution >= 0.6 is 0 Å². The molecule has 1 aliphatic heterocycles. The maximum absolute atomic E-state index is 12.0. The van der Waals surface area contributed by atoms with Crippen molar-refractivity contribution in [1.82, 2.24) is 4.31 Å². The molecular weight excluding hydrogens is 224 g/mol. The van der Waals surface area contributed by atoms with Crippen molar-refractivity contribution in [2.75, 3.05) is 0 Å². The molecule has 2 aliphatic rings. The van der Waals surface area contributed by atoms with Gasteiger partial charge in [0, 0.05) is 11.7 Å². The largest absolute Gasteiger partial charge is 0.344 e. The van der Waals surface area contributed by atoms with E-state index in [1.54, 1.807) is 6.92 Å². The van der Waals surface area contributed by atoms with E-state index in [9.17, 15) is 8.42 Å². The van der Waals surface area contributed by atoms with Crippen LogP contribution < -0.4 is 0 Å². The molecule has 0 spiro atoms. The van der Waals surface area contributed by atoms with E-state index in [0.29, 0.717) is 5.71 Å². The second kappa shape index (κ2) is 4.20. The minimum atomic E-state index is -3.47. The molecule has 0 amide bonds. The predicted octanol–water partition coefficient (Wildman–Crippen LogP) is 2.24. The molecule has 90 valence electrons. The fourth-order valence-electron chi connectivity index (χ4n) is 2.59. The highest BCUT2D eigenvalue weighted by atomic mass is 32.2. The Hall–Kier alpha value is -0.840. The molecule has 16 heavy (non-hydrogen) atoms. The van der Waals surface area contributed by atoms with E-state index in [1.807, 2.05) is 13.0 Å². The van der Waals surface area contributed by atoms with Crippen LogP contribution in [0.4, 0.5) is 0 Å². The molecule has 0 saturated heterocycles. The van der Waals surface area contributed by atoms with Crippen LogP contribution in [0.15, 0.2) is 16.2 Å². The van der Waals surface area contributed by atoms with Crippen molar-refractivity contribution in [3.8, 4) is 0 Å². The van der Waals surface area contributed by atoms with Crippen LogP contribution in [0.5, 0.6) is 0 Å². The van der Waals surface area contributed by atoms with E-state index in [-0.39, 0.29) is 6.04 Å². The summed E-state index contributed by atoms with van der Waals surface area (Å²) in [5.41, 5.74) is 1.38. The molecule has 0 unspecified atom stereocenters. The van der Waals surface area contributed by atoms with E-state index in [4.69, 9.17) is 0 Å². The van der Waals surface area contributed by atoms with E-state index in [2.05, 4.69) is 4.40 Å². The minimum Gasteiger partial charge on any atom is -0.253 e. The number of hydrogen-bond acceptors (Lipinski definition) is 2. The van der Waals surface area contributed by atoms with Crippen molar-refractivity contribution in [2.24, 2.45) is 4.40 Å². The van der Waals surface area contributed by atoms with E-state index < -0.39 is 10.2 Å². The number of nitrogens with zero attached hydrogens (tertiary/aromatic N) is 2. The summed E-state index contributed by atoms with van der Waals surface area (Å²) >= 11 is 0. The van der Waals surface area contributed by atoms with Crippen LogP contribution in [0.1, 0.15) is 46.0 Å². The van der Waals surface area contributed by atoms with Gasteiger partial charge in [-0.1, -0.05) is 19.3 Å². The van der Waals surface area contributed by atoms with Crippen molar-refractivity contribution in [1.29, 1.82) is 0 Å². The molecule has 1 heterocycles. The molecule has 0 aromatic carbocycles. The van der Waals surface area contributed by atoms with Crippen molar-refractivity contribution >= 4 is 15.9 Å². The molecule has 1 aliphatic carbocycles. The van der Waals surface area contributed by atoms with E-state index in [0.717, 1.165) is 31.4 Å². The van der Waals surface area contributed by atoms with Crippen molar-refractivity contribution in [3.05, 3.63) is 11.8 Å². The number of rotatable bonds is 1. The van der Waals surface area contributed by atoms with Crippen LogP contribution in [0.3, 0.4) is 0 Å². The molecule has 2 rings (SSSR count). The molecule has 4 nitrogen and oxygen atoms in total. The zero-order valence-electron chi connectivity index (χ0n) is 9.81. The highest BCUT2D eigenvalue weighted by Crippen LogP contribution is 2.30. The Balaban J connectivity index is 2.30. The molecule has 1 saturated carbocycles. The Morgan fingerprint density at radius 3 is 2.44 bits per heavy atom. The maximum atomic E-state index is 12.0. The Morgan fingerprint density at radius 2 is 1.88 bits per heavy atom. The van der Waals surface area contributed by atoms with Gasteiger partial charge in [-0.25, -0.2) is 0 Å². The summed E-state index contributed by atoms with van der Waals surface area (Å²) in [6, 6.07) is 0.117. The smallest absolute Gasteiger partial charge is 0.253 e. The van der Waals surface area contributed by atoms with Gasteiger partial charge in [0.05, 0.1) is 5.71 Å². The van der Waals surface area contributed by atoms with E-state index >= 15 is 0 Å². The Labute approximate surface area is 97.2 Å². The quantitative estimate of drug-likeness (QED) is 0.708. The lowest BCUT2D eigenvalue weighted by molar-refractivity contribution is 0.291. The molecule has 5 heteroatoms. The number of allylic oxidation sites excluding steroid dienone is 2. The Morgan fingerprint density at radius 1 is 1.25 bits per heavy atom. The number of hydrogen-bond donors (Lipinski definition) is 0. The molecule has 0 radical (unpaired) electrons. The van der Waals surface area contributed by atoms with Gasteiger partial charge in [0.2, 0.25) is 0 Å². The molecule has 0 aromatic rings. The minimum absolute atomic E-state index is 0.117. The summed E-state index contributed by atoms with van der Waals surface area (Å²) in [6.45, 7) is 3.57. The van der Waals surface area contributed by atoms with Crippen molar-refractivity contribution in [3.63, 3.8) is 0 Å². The summed E-state index contributed by atoms with van der Waals surface area (Å²) in [6.07, 6.45) is 7.21. The standard InChI is InChI=1S/C11H18N2O2S/c1-9-8-10(2)13(16(14,15)12-9)11-6-4-3-5-7-11/h8,11H,3-7H2,1-2H3. The van der Waals surface area contributed by atoms with Crippen LogP contribution in [0.2, 0.25) is 0 Å². The van der Waals surface area contributed by atoms with E-state index in [1.165, 1.54) is 10.7 Å². The van der Waals surface area contributed by atoms with Crippen molar-refractivity contribution < 1.29 is 8.42 Å². The third-order valence-corrected chi connectivity index (χ3v) is 4.78. The second-order valence-electron chi connectivity index (χ2n) is 4.58. The van der Waals surface area contributed by atoms with Gasteiger partial charge < -0.3 is 0 Å². The lowest BCUT2D eigenvalue weighted by Crippen LogP contribution is -2.41. The first-order valence-electron chi connectivity index (χ1n) is 5.80. The van der Waals surface area contributed by atoms with Gasteiger partial charge in [0.25, 0.3) is 0 Å². The topological polar surface area (TPSA) is 49.7 Å². The fourth-order valence-corrected chi connectivity index (χ4v) is 4.10. The molecule has 0 bridgehead atoms. The van der Waals surface area contributed by atoms with Gasteiger partial charge >= 0.3 is 10.2 Å². The summed E-state index contributed by atoms with van der Waals surface area (Å²) in [4.78, 5) is 0. The molecule has 0 N–H and O–H groups in total. The normalized spacial score (nSPS) is 26.2. The zero-order valence-corrected chi connectivity index (χ0v) is 10.6. The molecule has 0 aromatic heterocycles. The first-order chi connectivity index (χ1) is 7.50. The molecule has 1 fully saturated rings. The Bertz CT molecular complexity index is 431. The summed E-state index contributed by atoms with van der Waals surface area (Å²) in [7, 11) is -3.47. The van der Waals surface area contributed by atoms with Crippen LogP contribution in [-0.2, 0) is 10.2 Å². The predicted molar refractivity (Wildman–Crippen MR) is 64.5 cm³/mol. The average molecular weight is 242 g/mol. The van der Waals surface area contributed by atoms with Gasteiger partial charge in [-0.15, -0.1) is 4.40 Å². The summed E-state index contributed by atoms with van der Waals surface area (Å²) in [5, 5.41) is 0. The first kappa shape index (κ1) is 11.6. The summed E-state index contributed by atoms with van der Waals surface area (Å²) < 4.78 is 29.3. The Kier molecular flexibility index (Phi) is 3.06. The zero-order chi connectivity index (χ0) is 11.8. The lowest BCUT2D eigenvalue weighted by Gasteiger charge is -2.35. The van der Waals surface area contributed by atoms with Gasteiger partial charge in [-0.3, -0.25) is 4.31 Å². The third kappa shape index (κ3) is 2.14. The highest BCUT2D eigenvalue weighted by molar-refractivity contribution is 7.88. The fraction of sp³-hybridized carbons (Fsp3) is 0.727. The van der Waals surface area contributed by atoms with Gasteiger partial charge in [-0.05, 0) is 32.8 Å². The molecule has 0 atom stereocenters. The SMILES string of the molecule is CC1=CC(C)=NS(=O)(=O)N1C1CCCCC1. The maximum Gasteiger partial charge on any atom is 0.344 e. The monoisotopic (exact) mass is 242 g/mol. The van der Waals surface area contributed by atoms with Crippen LogP contribution in [0.25, 0.3) is 0 Å². The van der Waals surface area contributed by atoms with Gasteiger partial charge in [0.1, 0.15) is 0 Å². The highest BCUT2D eigenvalue weighted by Gasteiger charge is 2.32. The van der Waals surface area contributed by atoms with Crippen LogP contribution in [0, 0.1) is 0 Å². The van der Waals surface area contributed by atoms with Gasteiger partial charge in [0.15, 0.2) is 0 Å². The van der Waals surface area contributed by atoms with Crippen LogP contribution in [-0.4, -0.2) is 24.5 Å². The van der Waals surface area contributed by atoms with Gasteiger partial charge in [-0.2, -0.15) is 8.42 Å². The van der Waals surface area contributed by atoms with Crippen molar-refractivity contribution in [2.45, 2.75) is 52.0 Å². The second-order valence-corrected chi connectivity index (χ2v) is 6.06. The molecular formula is C11H18N2O2S. The average Bonchev–Trinajstić information content (AvgIpc) is 2.15. The third-order valence-electron chi connectivity index (χ3n) is 3.18. The first-order valence-corrected chi connectivity index (χ1v) is 7.19. The summed E-state index contributed by atoms with van der Waals surface area (Å²) in [5.74, 6) is 0.